The van der Waals surface area contributed by atoms with Gasteiger partial charge in [-0.15, -0.1) is 0 Å². The number of carbonyl (C=O) groups excluding carboxylic acids is 1. The molecule has 0 aliphatic carbocycles. The van der Waals surface area contributed by atoms with Crippen LogP contribution in [0, 0.1) is 0 Å². The van der Waals surface area contributed by atoms with E-state index in [1.807, 2.05) is 19.1 Å². The molecule has 1 aromatic rings. The van der Waals surface area contributed by atoms with Gasteiger partial charge in [0.15, 0.2) is 0 Å². The van der Waals surface area contributed by atoms with Crippen LogP contribution in [-0.2, 0) is 0 Å². The summed E-state index contributed by atoms with van der Waals surface area (Å²) in [5, 5.41) is 9.36. The monoisotopic (exact) mass is 263 g/mol. The number of benzene rings is 1. The fourth-order valence-corrected chi connectivity index (χ4v) is 2.44. The Morgan fingerprint density at radius 2 is 2.21 bits per heavy atom. The molecule has 1 saturated heterocycles. The summed E-state index contributed by atoms with van der Waals surface area (Å²) in [5.41, 5.74) is 0.643. The van der Waals surface area contributed by atoms with Gasteiger partial charge in [0.25, 0.3) is 0 Å². The molecule has 0 bridgehead atoms. The van der Waals surface area contributed by atoms with E-state index in [4.69, 9.17) is 4.74 Å². The zero-order valence-corrected chi connectivity index (χ0v) is 11.3. The maximum atomic E-state index is 10.7. The number of hydrogen-bond donors (Lipinski definition) is 1. The van der Waals surface area contributed by atoms with E-state index in [2.05, 4.69) is 4.90 Å². The van der Waals surface area contributed by atoms with E-state index in [1.165, 1.54) is 0 Å². The Bertz CT molecular complexity index is 412. The number of nitrogens with zero attached hydrogens (tertiary/aromatic N) is 1. The van der Waals surface area contributed by atoms with Gasteiger partial charge in [-0.05, 0) is 31.9 Å². The number of piperidine rings is 1. The highest BCUT2D eigenvalue weighted by molar-refractivity contribution is 5.75. The van der Waals surface area contributed by atoms with Crippen molar-refractivity contribution < 1.29 is 14.6 Å². The van der Waals surface area contributed by atoms with Gasteiger partial charge in [0.1, 0.15) is 18.1 Å². The van der Waals surface area contributed by atoms with E-state index in [0.29, 0.717) is 5.56 Å². The highest BCUT2D eigenvalue weighted by Crippen LogP contribution is 2.19. The fraction of sp³-hybridized carbons (Fsp3) is 0.533. The van der Waals surface area contributed by atoms with Crippen LogP contribution in [-0.4, -0.2) is 48.1 Å². The second-order valence-corrected chi connectivity index (χ2v) is 5.16. The van der Waals surface area contributed by atoms with Crippen molar-refractivity contribution in [1.29, 1.82) is 0 Å². The molecule has 4 nitrogen and oxygen atoms in total. The van der Waals surface area contributed by atoms with E-state index in [-0.39, 0.29) is 12.2 Å². The van der Waals surface area contributed by atoms with Crippen LogP contribution >= 0.6 is 0 Å². The number of β-amino-alcohol motifs (C(OH)–C–C–N with tert-alkyl or cyclic N) is 1. The summed E-state index contributed by atoms with van der Waals surface area (Å²) < 4.78 is 5.90. The molecule has 0 radical (unpaired) electrons. The van der Waals surface area contributed by atoms with E-state index in [9.17, 15) is 9.90 Å². The quantitative estimate of drug-likeness (QED) is 0.822. The second kappa shape index (κ2) is 6.68. The average molecular weight is 263 g/mol. The van der Waals surface area contributed by atoms with Gasteiger partial charge in [-0.2, -0.15) is 0 Å². The predicted molar refractivity (Wildman–Crippen MR) is 73.6 cm³/mol. The third-order valence-corrected chi connectivity index (χ3v) is 3.35. The molecule has 1 fully saturated rings. The fourth-order valence-electron chi connectivity index (χ4n) is 2.44. The molecule has 4 heteroatoms. The first-order valence-electron chi connectivity index (χ1n) is 6.79. The van der Waals surface area contributed by atoms with Gasteiger partial charge in [0.2, 0.25) is 0 Å². The second-order valence-electron chi connectivity index (χ2n) is 5.16. The summed E-state index contributed by atoms with van der Waals surface area (Å²) in [7, 11) is 0. The summed E-state index contributed by atoms with van der Waals surface area (Å²) >= 11 is 0. The lowest BCUT2D eigenvalue weighted by Crippen LogP contribution is -2.41. The third-order valence-electron chi connectivity index (χ3n) is 3.35. The van der Waals surface area contributed by atoms with Gasteiger partial charge in [-0.3, -0.25) is 4.79 Å². The minimum Gasteiger partial charge on any atom is -0.490 e. The van der Waals surface area contributed by atoms with Gasteiger partial charge < -0.3 is 14.7 Å². The minimum atomic E-state index is -0.276. The molecule has 104 valence electrons. The Morgan fingerprint density at radius 3 is 2.84 bits per heavy atom. The lowest BCUT2D eigenvalue weighted by Gasteiger charge is -2.32. The molecule has 1 atom stereocenters. The number of ether oxygens (including phenoxy) is 1. The number of aliphatic hydroxyl groups excluding tert-OH is 1. The molecule has 0 saturated carbocycles. The third kappa shape index (κ3) is 4.33. The highest BCUT2D eigenvalue weighted by Gasteiger charge is 2.21. The first-order chi connectivity index (χ1) is 9.17. The number of hydrogen-bond acceptors (Lipinski definition) is 4. The van der Waals surface area contributed by atoms with Gasteiger partial charge in [0.05, 0.1) is 6.10 Å². The average Bonchev–Trinajstić information content (AvgIpc) is 2.41. The van der Waals surface area contributed by atoms with Crippen LogP contribution in [0.4, 0.5) is 0 Å². The Hall–Kier alpha value is -1.39. The van der Waals surface area contributed by atoms with Crippen molar-refractivity contribution in [2.24, 2.45) is 0 Å². The Balaban J connectivity index is 1.83. The van der Waals surface area contributed by atoms with Gasteiger partial charge in [-0.1, -0.05) is 12.1 Å². The molecule has 0 aromatic heterocycles. The van der Waals surface area contributed by atoms with Crippen molar-refractivity contribution in [2.45, 2.75) is 32.0 Å². The van der Waals surface area contributed by atoms with Crippen molar-refractivity contribution in [2.75, 3.05) is 19.6 Å². The first kappa shape index (κ1) is 14.0. The van der Waals surface area contributed by atoms with E-state index in [0.717, 1.165) is 44.5 Å². The maximum absolute atomic E-state index is 10.7. The van der Waals surface area contributed by atoms with Crippen LogP contribution in [0.1, 0.15) is 30.1 Å². The van der Waals surface area contributed by atoms with Gasteiger partial charge in [-0.25, -0.2) is 0 Å². The largest absolute Gasteiger partial charge is 0.490 e. The molecule has 0 amide bonds. The predicted octanol–water partition coefficient (Wildman–Crippen LogP) is 1.72. The Morgan fingerprint density at radius 1 is 1.47 bits per heavy atom. The van der Waals surface area contributed by atoms with Crippen molar-refractivity contribution in [3.05, 3.63) is 29.8 Å². The summed E-state index contributed by atoms with van der Waals surface area (Å²) in [6.45, 7) is 4.44. The lowest BCUT2D eigenvalue weighted by molar-refractivity contribution is 0.0673. The summed E-state index contributed by atoms with van der Waals surface area (Å²) in [5.74, 6) is 0.763. The molecule has 1 aliphatic rings. The summed E-state index contributed by atoms with van der Waals surface area (Å²) in [6, 6.07) is 7.26. The number of carbonyl (C=O) groups is 1. The van der Waals surface area contributed by atoms with Crippen molar-refractivity contribution in [1.82, 2.24) is 4.90 Å². The smallest absolute Gasteiger partial charge is 0.150 e. The van der Waals surface area contributed by atoms with E-state index < -0.39 is 0 Å². The van der Waals surface area contributed by atoms with Crippen LogP contribution in [0.5, 0.6) is 5.75 Å². The summed E-state index contributed by atoms with van der Waals surface area (Å²) in [6.07, 6.45) is 2.67. The maximum Gasteiger partial charge on any atom is 0.150 e. The van der Waals surface area contributed by atoms with Crippen molar-refractivity contribution in [3.8, 4) is 5.75 Å². The van der Waals surface area contributed by atoms with Gasteiger partial charge in [0, 0.05) is 25.2 Å². The number of aliphatic hydroxyl groups is 1. The number of rotatable bonds is 5. The normalized spacial score (nSPS) is 19.1. The van der Waals surface area contributed by atoms with Gasteiger partial charge >= 0.3 is 0 Å². The van der Waals surface area contributed by atoms with Crippen molar-refractivity contribution in [3.63, 3.8) is 0 Å². The number of aldehydes is 1. The topological polar surface area (TPSA) is 49.8 Å². The zero-order chi connectivity index (χ0) is 13.7. The molecule has 1 heterocycles. The van der Waals surface area contributed by atoms with E-state index in [1.54, 1.807) is 12.1 Å². The zero-order valence-electron chi connectivity index (χ0n) is 11.3. The first-order valence-corrected chi connectivity index (χ1v) is 6.79. The SMILES string of the molecule is CC(O)CN1CCC(Oc2cccc(C=O)c2)CC1. The molecule has 1 aliphatic heterocycles. The highest BCUT2D eigenvalue weighted by atomic mass is 16.5. The lowest BCUT2D eigenvalue weighted by atomic mass is 10.1. The molecular formula is C15H21NO3. The Labute approximate surface area is 114 Å². The van der Waals surface area contributed by atoms with Crippen LogP contribution in [0.2, 0.25) is 0 Å². The van der Waals surface area contributed by atoms with Crippen LogP contribution in [0.3, 0.4) is 0 Å². The summed E-state index contributed by atoms with van der Waals surface area (Å²) in [4.78, 5) is 13.0. The molecule has 1 aromatic carbocycles. The number of likely N-dealkylation sites (tertiary alicyclic amines) is 1. The Kier molecular flexibility index (Phi) is 4.93. The molecule has 1 N–H and O–H groups in total. The van der Waals surface area contributed by atoms with Crippen LogP contribution < -0.4 is 4.74 Å². The molecule has 2 rings (SSSR count). The molecular weight excluding hydrogens is 242 g/mol. The molecule has 19 heavy (non-hydrogen) atoms. The van der Waals surface area contributed by atoms with Crippen LogP contribution in [0.25, 0.3) is 0 Å². The van der Waals surface area contributed by atoms with Crippen molar-refractivity contribution >= 4 is 6.29 Å². The standard InChI is InChI=1S/C15H21NO3/c1-12(18)10-16-7-5-14(6-8-16)19-15-4-2-3-13(9-15)11-17/h2-4,9,11-12,14,18H,5-8,10H2,1H3. The van der Waals surface area contributed by atoms with E-state index >= 15 is 0 Å². The molecule has 0 spiro atoms. The van der Waals surface area contributed by atoms with Crippen LogP contribution in [0.15, 0.2) is 24.3 Å². The molecule has 1 unspecified atom stereocenters. The minimum absolute atomic E-state index is 0.201.